The second kappa shape index (κ2) is 9.17. The number of nitrogens with zero attached hydrogens (tertiary/aromatic N) is 3. The minimum absolute atomic E-state index is 0. The van der Waals surface area contributed by atoms with Crippen LogP contribution in [0.5, 0.6) is 0 Å². The summed E-state index contributed by atoms with van der Waals surface area (Å²) >= 11 is 1.61. The van der Waals surface area contributed by atoms with Crippen molar-refractivity contribution in [1.82, 2.24) is 25.4 Å². The number of carbonyl (C=O) groups excluding carboxylic acids is 1. The predicted molar refractivity (Wildman–Crippen MR) is 109 cm³/mol. The summed E-state index contributed by atoms with van der Waals surface area (Å²) < 4.78 is 1.78. The molecule has 1 aliphatic heterocycles. The largest absolute Gasteiger partial charge is 0.349 e. The maximum atomic E-state index is 12.6. The molecule has 1 fully saturated rings. The summed E-state index contributed by atoms with van der Waals surface area (Å²) in [7, 11) is 1.90. The molecule has 3 heterocycles. The first-order chi connectivity index (χ1) is 11.3. The van der Waals surface area contributed by atoms with Crippen LogP contribution >= 0.6 is 36.2 Å². The van der Waals surface area contributed by atoms with E-state index >= 15 is 0 Å². The van der Waals surface area contributed by atoms with Crippen LogP contribution in [0.4, 0.5) is 0 Å². The van der Waals surface area contributed by atoms with Gasteiger partial charge in [0.05, 0.1) is 24.4 Å². The van der Waals surface area contributed by atoms with Crippen molar-refractivity contribution in [3.8, 4) is 0 Å². The summed E-state index contributed by atoms with van der Waals surface area (Å²) in [5, 5.41) is 13.6. The number of thiazole rings is 1. The number of halogens is 2. The zero-order chi connectivity index (χ0) is 17.3. The topological polar surface area (TPSA) is 71.8 Å². The summed E-state index contributed by atoms with van der Waals surface area (Å²) in [6.45, 7) is 8.45. The Kier molecular flexibility index (Phi) is 8.07. The van der Waals surface area contributed by atoms with Crippen LogP contribution in [0.1, 0.15) is 43.0 Å². The van der Waals surface area contributed by atoms with Crippen LogP contribution < -0.4 is 10.6 Å². The number of aromatic nitrogens is 3. The normalized spacial score (nSPS) is 19.5. The van der Waals surface area contributed by atoms with Gasteiger partial charge in [0.25, 0.3) is 0 Å². The maximum Gasteiger partial charge on any atom is 0.225 e. The molecule has 146 valence electrons. The molecule has 2 aromatic rings. The Hall–Kier alpha value is -1.15. The van der Waals surface area contributed by atoms with E-state index in [1.807, 2.05) is 19.4 Å². The van der Waals surface area contributed by atoms with Crippen LogP contribution in [0.15, 0.2) is 17.8 Å². The highest BCUT2D eigenvalue weighted by atomic mass is 35.5. The van der Waals surface area contributed by atoms with Crippen molar-refractivity contribution in [3.63, 3.8) is 0 Å². The predicted octanol–water partition coefficient (Wildman–Crippen LogP) is 2.64. The molecule has 0 aliphatic carbocycles. The SMILES string of the molecule is Cl.Cl.Cn1cc([C@H]2CNC[C@@H]2C(=O)NCc2nc(C(C)(C)C)cs2)cn1. The molecule has 0 unspecified atom stereocenters. The highest BCUT2D eigenvalue weighted by Gasteiger charge is 2.34. The number of nitrogens with one attached hydrogen (secondary N) is 2. The van der Waals surface area contributed by atoms with E-state index < -0.39 is 0 Å². The van der Waals surface area contributed by atoms with Crippen LogP contribution in [0, 0.1) is 5.92 Å². The van der Waals surface area contributed by atoms with Crippen LogP contribution in [0.2, 0.25) is 0 Å². The van der Waals surface area contributed by atoms with Gasteiger partial charge in [0.1, 0.15) is 5.01 Å². The lowest BCUT2D eigenvalue weighted by Crippen LogP contribution is -2.34. The fraction of sp³-hybridized carbons (Fsp3) is 0.588. The number of hydrogen-bond acceptors (Lipinski definition) is 5. The van der Waals surface area contributed by atoms with Crippen LogP contribution in [-0.4, -0.2) is 33.8 Å². The lowest BCUT2D eigenvalue weighted by molar-refractivity contribution is -0.125. The standard InChI is InChI=1S/C17H25N5OS.2ClH/c1-17(2,3)14-10-24-15(21-14)8-19-16(23)13-7-18-6-12(13)11-5-20-22(4)9-11;;/h5,9-10,12-13,18H,6-8H2,1-4H3,(H,19,23);2*1H/t12-,13+;;/m1../s1. The third-order valence-corrected chi connectivity index (χ3v) is 5.29. The van der Waals surface area contributed by atoms with Crippen molar-refractivity contribution in [1.29, 1.82) is 0 Å². The van der Waals surface area contributed by atoms with E-state index in [9.17, 15) is 4.79 Å². The van der Waals surface area contributed by atoms with Crippen molar-refractivity contribution in [2.45, 2.75) is 38.6 Å². The molecule has 1 saturated heterocycles. The molecule has 2 atom stereocenters. The van der Waals surface area contributed by atoms with Gasteiger partial charge in [0.2, 0.25) is 5.91 Å². The summed E-state index contributed by atoms with van der Waals surface area (Å²) in [5.74, 6) is 0.206. The van der Waals surface area contributed by atoms with Gasteiger partial charge in [-0.25, -0.2) is 4.98 Å². The van der Waals surface area contributed by atoms with Crippen molar-refractivity contribution in [2.75, 3.05) is 13.1 Å². The monoisotopic (exact) mass is 419 g/mol. The highest BCUT2D eigenvalue weighted by Crippen LogP contribution is 2.28. The second-order valence-corrected chi connectivity index (χ2v) is 8.36. The average Bonchev–Trinajstić information content (AvgIpc) is 3.23. The van der Waals surface area contributed by atoms with Gasteiger partial charge in [-0.15, -0.1) is 36.2 Å². The fourth-order valence-corrected chi connectivity index (χ4v) is 3.93. The molecular weight excluding hydrogens is 393 g/mol. The molecule has 9 heteroatoms. The summed E-state index contributed by atoms with van der Waals surface area (Å²) in [4.78, 5) is 17.2. The van der Waals surface area contributed by atoms with Crippen LogP contribution in [-0.2, 0) is 23.8 Å². The van der Waals surface area contributed by atoms with E-state index in [-0.39, 0.29) is 48.0 Å². The number of hydrogen-bond donors (Lipinski definition) is 2. The molecule has 0 aromatic carbocycles. The molecule has 0 bridgehead atoms. The Morgan fingerprint density at radius 3 is 2.69 bits per heavy atom. The average molecular weight is 420 g/mol. The van der Waals surface area contributed by atoms with Gasteiger partial charge in [-0.2, -0.15) is 5.10 Å². The van der Waals surface area contributed by atoms with E-state index in [1.165, 1.54) is 0 Å². The lowest BCUT2D eigenvalue weighted by atomic mass is 9.90. The highest BCUT2D eigenvalue weighted by molar-refractivity contribution is 7.09. The molecule has 6 nitrogen and oxygen atoms in total. The summed E-state index contributed by atoms with van der Waals surface area (Å²) in [6, 6.07) is 0. The zero-order valence-corrected chi connectivity index (χ0v) is 17.9. The first-order valence-electron chi connectivity index (χ1n) is 8.26. The van der Waals surface area contributed by atoms with Gasteiger partial charge in [0.15, 0.2) is 0 Å². The molecular formula is C17H27Cl2N5OS. The first kappa shape index (κ1) is 22.9. The molecule has 26 heavy (non-hydrogen) atoms. The molecule has 2 aromatic heterocycles. The maximum absolute atomic E-state index is 12.6. The first-order valence-corrected chi connectivity index (χ1v) is 9.14. The Balaban J connectivity index is 0.00000169. The Labute approximate surface area is 171 Å². The van der Waals surface area contributed by atoms with Crippen molar-refractivity contribution < 1.29 is 4.79 Å². The Morgan fingerprint density at radius 2 is 2.12 bits per heavy atom. The number of aryl methyl sites for hydroxylation is 1. The Bertz CT molecular complexity index is 725. The van der Waals surface area contributed by atoms with Crippen molar-refractivity contribution >= 4 is 42.1 Å². The minimum atomic E-state index is -0.0590. The fourth-order valence-electron chi connectivity index (χ4n) is 2.97. The second-order valence-electron chi connectivity index (χ2n) is 7.41. The molecule has 2 N–H and O–H groups in total. The van der Waals surface area contributed by atoms with Gasteiger partial charge < -0.3 is 10.6 Å². The lowest BCUT2D eigenvalue weighted by Gasteiger charge is -2.16. The summed E-state index contributed by atoms with van der Waals surface area (Å²) in [6.07, 6.45) is 3.85. The van der Waals surface area contributed by atoms with Gasteiger partial charge >= 0.3 is 0 Å². The molecule has 1 aliphatic rings. The number of amides is 1. The van der Waals surface area contributed by atoms with Crippen molar-refractivity contribution in [2.24, 2.45) is 13.0 Å². The molecule has 0 saturated carbocycles. The van der Waals surface area contributed by atoms with Crippen molar-refractivity contribution in [3.05, 3.63) is 34.0 Å². The van der Waals surface area contributed by atoms with E-state index in [2.05, 4.69) is 46.9 Å². The van der Waals surface area contributed by atoms with E-state index in [0.717, 1.165) is 22.8 Å². The van der Waals surface area contributed by atoms with Gasteiger partial charge in [0, 0.05) is 43.0 Å². The Morgan fingerprint density at radius 1 is 1.38 bits per heavy atom. The van der Waals surface area contributed by atoms with E-state index in [0.29, 0.717) is 13.1 Å². The zero-order valence-electron chi connectivity index (χ0n) is 15.5. The third kappa shape index (κ3) is 5.19. The summed E-state index contributed by atoms with van der Waals surface area (Å²) in [5.41, 5.74) is 2.24. The quantitative estimate of drug-likeness (QED) is 0.798. The molecule has 0 radical (unpaired) electrons. The molecule has 1 amide bonds. The third-order valence-electron chi connectivity index (χ3n) is 4.44. The van der Waals surface area contributed by atoms with Crippen LogP contribution in [0.25, 0.3) is 0 Å². The van der Waals surface area contributed by atoms with E-state index in [4.69, 9.17) is 0 Å². The molecule has 3 rings (SSSR count). The van der Waals surface area contributed by atoms with Gasteiger partial charge in [-0.3, -0.25) is 9.48 Å². The number of carbonyl (C=O) groups is 1. The number of rotatable bonds is 4. The smallest absolute Gasteiger partial charge is 0.225 e. The minimum Gasteiger partial charge on any atom is -0.349 e. The van der Waals surface area contributed by atoms with Crippen LogP contribution in [0.3, 0.4) is 0 Å². The molecule has 0 spiro atoms. The van der Waals surface area contributed by atoms with Gasteiger partial charge in [-0.05, 0) is 5.56 Å². The van der Waals surface area contributed by atoms with E-state index in [1.54, 1.807) is 16.0 Å². The van der Waals surface area contributed by atoms with Gasteiger partial charge in [-0.1, -0.05) is 20.8 Å².